The van der Waals surface area contributed by atoms with Crippen LogP contribution in [0.4, 0.5) is 13.2 Å². The first-order valence-electron chi connectivity index (χ1n) is 5.47. The Labute approximate surface area is 106 Å². The average Bonchev–Trinajstić information content (AvgIpc) is 2.80. The monoisotopic (exact) mass is 274 g/mol. The molecule has 0 aliphatic heterocycles. The summed E-state index contributed by atoms with van der Waals surface area (Å²) in [5, 5.41) is 13.3. The molecule has 0 amide bonds. The zero-order valence-corrected chi connectivity index (χ0v) is 10.4. The summed E-state index contributed by atoms with van der Waals surface area (Å²) in [5.41, 5.74) is 4.65. The molecular weight excluding hydrogens is 261 g/mol. The van der Waals surface area contributed by atoms with Crippen LogP contribution in [-0.4, -0.2) is 30.7 Å². The number of hydrogen-bond acceptors (Lipinski definition) is 4. The molecule has 0 aliphatic carbocycles. The Balaban J connectivity index is 2.48. The number of rotatable bonds is 3. The minimum atomic E-state index is -4.51. The van der Waals surface area contributed by atoms with Gasteiger partial charge in [0, 0.05) is 5.54 Å². The summed E-state index contributed by atoms with van der Waals surface area (Å²) in [4.78, 5) is 0. The molecule has 2 rings (SSSR count). The maximum Gasteiger partial charge on any atom is 0.435 e. The molecule has 0 saturated carbocycles. The number of nitrogens with one attached hydrogen (secondary N) is 1. The maximum atomic E-state index is 12.7. The van der Waals surface area contributed by atoms with Gasteiger partial charge in [-0.25, -0.2) is 0 Å². The van der Waals surface area contributed by atoms with Gasteiger partial charge in [0.15, 0.2) is 5.69 Å². The normalized spacial score (nSPS) is 12.9. The second-order valence-corrected chi connectivity index (χ2v) is 4.91. The second kappa shape index (κ2) is 4.34. The largest absolute Gasteiger partial charge is 0.435 e. The van der Waals surface area contributed by atoms with Crippen LogP contribution in [0.3, 0.4) is 0 Å². The molecule has 0 fully saturated rings. The molecule has 2 aromatic rings. The third-order valence-corrected chi connectivity index (χ3v) is 2.31. The van der Waals surface area contributed by atoms with Crippen LogP contribution in [0.25, 0.3) is 11.4 Å². The summed E-state index contributed by atoms with van der Waals surface area (Å²) in [6.07, 6.45) is -3.18. The number of alkyl halides is 3. The molecule has 2 aromatic heterocycles. The van der Waals surface area contributed by atoms with Crippen molar-refractivity contribution in [1.29, 1.82) is 0 Å². The summed E-state index contributed by atoms with van der Waals surface area (Å²) >= 11 is 0. The Morgan fingerprint density at radius 3 is 2.53 bits per heavy atom. The van der Waals surface area contributed by atoms with Gasteiger partial charge in [0.05, 0.1) is 18.4 Å². The van der Waals surface area contributed by atoms with Crippen LogP contribution in [-0.2, 0) is 12.7 Å². The van der Waals surface area contributed by atoms with Crippen molar-refractivity contribution in [3.05, 3.63) is 18.0 Å². The number of hydrogen-bond donors (Lipinski definition) is 2. The van der Waals surface area contributed by atoms with Gasteiger partial charge in [0.1, 0.15) is 5.69 Å². The second-order valence-electron chi connectivity index (χ2n) is 4.91. The predicted octanol–water partition coefficient (Wildman–Crippen LogP) is 1.42. The topological polar surface area (TPSA) is 85.4 Å². The summed E-state index contributed by atoms with van der Waals surface area (Å²) in [5.74, 6) is 0. The Hall–Kier alpha value is -1.90. The first-order chi connectivity index (χ1) is 8.67. The van der Waals surface area contributed by atoms with Gasteiger partial charge >= 0.3 is 6.18 Å². The molecule has 2 heterocycles. The quantitative estimate of drug-likeness (QED) is 0.886. The van der Waals surface area contributed by atoms with E-state index in [0.29, 0.717) is 0 Å². The molecule has 19 heavy (non-hydrogen) atoms. The predicted molar refractivity (Wildman–Crippen MR) is 60.9 cm³/mol. The standard InChI is InChI=1S/C10H13F3N6/c1-9(2,14)5-19-7(6-4-15-18-16-6)3-8(17-19)10(11,12)13/h3-4H,5,14H2,1-2H3,(H,15,16,18). The number of aromatic amines is 1. The molecule has 0 bridgehead atoms. The number of aromatic nitrogens is 5. The van der Waals surface area contributed by atoms with Crippen molar-refractivity contribution in [3.8, 4) is 11.4 Å². The molecule has 0 spiro atoms. The molecule has 0 unspecified atom stereocenters. The van der Waals surface area contributed by atoms with E-state index in [1.807, 2.05) is 0 Å². The Kier molecular flexibility index (Phi) is 3.09. The van der Waals surface area contributed by atoms with E-state index in [2.05, 4.69) is 20.5 Å². The van der Waals surface area contributed by atoms with E-state index in [0.717, 1.165) is 6.07 Å². The van der Waals surface area contributed by atoms with E-state index in [1.165, 1.54) is 10.9 Å². The molecule has 0 aliphatic rings. The van der Waals surface area contributed by atoms with Crippen molar-refractivity contribution in [2.24, 2.45) is 5.73 Å². The third kappa shape index (κ3) is 3.11. The summed E-state index contributed by atoms with van der Waals surface area (Å²) in [6.45, 7) is 3.54. The number of nitrogens with zero attached hydrogens (tertiary/aromatic N) is 4. The Morgan fingerprint density at radius 1 is 1.37 bits per heavy atom. The zero-order valence-electron chi connectivity index (χ0n) is 10.4. The van der Waals surface area contributed by atoms with Crippen molar-refractivity contribution in [2.75, 3.05) is 0 Å². The maximum absolute atomic E-state index is 12.7. The fraction of sp³-hybridized carbons (Fsp3) is 0.500. The average molecular weight is 274 g/mol. The third-order valence-electron chi connectivity index (χ3n) is 2.31. The summed E-state index contributed by atoms with van der Waals surface area (Å²) < 4.78 is 39.3. The van der Waals surface area contributed by atoms with Crippen LogP contribution >= 0.6 is 0 Å². The lowest BCUT2D eigenvalue weighted by molar-refractivity contribution is -0.141. The summed E-state index contributed by atoms with van der Waals surface area (Å²) in [6, 6.07) is 0.934. The molecule has 0 aromatic carbocycles. The first kappa shape index (κ1) is 13.5. The van der Waals surface area contributed by atoms with Crippen LogP contribution in [0.5, 0.6) is 0 Å². The minimum Gasteiger partial charge on any atom is -0.324 e. The molecule has 0 atom stereocenters. The van der Waals surface area contributed by atoms with Crippen molar-refractivity contribution >= 4 is 0 Å². The molecular formula is C10H13F3N6. The van der Waals surface area contributed by atoms with Crippen LogP contribution in [0.1, 0.15) is 19.5 Å². The molecule has 0 saturated heterocycles. The van der Waals surface area contributed by atoms with Crippen LogP contribution in [0.2, 0.25) is 0 Å². The lowest BCUT2D eigenvalue weighted by Crippen LogP contribution is -2.37. The van der Waals surface area contributed by atoms with Gasteiger partial charge in [-0.2, -0.15) is 33.7 Å². The molecule has 3 N–H and O–H groups in total. The Bertz CT molecular complexity index is 549. The van der Waals surface area contributed by atoms with Crippen molar-refractivity contribution in [2.45, 2.75) is 32.1 Å². The fourth-order valence-corrected chi connectivity index (χ4v) is 1.59. The molecule has 6 nitrogen and oxygen atoms in total. The lowest BCUT2D eigenvalue weighted by Gasteiger charge is -2.19. The highest BCUT2D eigenvalue weighted by molar-refractivity contribution is 5.53. The van der Waals surface area contributed by atoms with Gasteiger partial charge in [-0.3, -0.25) is 4.68 Å². The van der Waals surface area contributed by atoms with E-state index in [4.69, 9.17) is 5.73 Å². The lowest BCUT2D eigenvalue weighted by atomic mass is 10.1. The zero-order chi connectivity index (χ0) is 14.3. The first-order valence-corrected chi connectivity index (χ1v) is 5.47. The highest BCUT2D eigenvalue weighted by atomic mass is 19.4. The van der Waals surface area contributed by atoms with E-state index in [9.17, 15) is 13.2 Å². The van der Waals surface area contributed by atoms with Gasteiger partial charge in [0.25, 0.3) is 0 Å². The van der Waals surface area contributed by atoms with E-state index in [1.54, 1.807) is 13.8 Å². The fourth-order valence-electron chi connectivity index (χ4n) is 1.59. The van der Waals surface area contributed by atoms with Gasteiger partial charge in [-0.05, 0) is 19.9 Å². The van der Waals surface area contributed by atoms with E-state index < -0.39 is 17.4 Å². The van der Waals surface area contributed by atoms with Gasteiger partial charge in [-0.15, -0.1) is 0 Å². The number of nitrogens with two attached hydrogens (primary N) is 1. The van der Waals surface area contributed by atoms with Crippen LogP contribution < -0.4 is 5.73 Å². The molecule has 0 radical (unpaired) electrons. The van der Waals surface area contributed by atoms with E-state index >= 15 is 0 Å². The van der Waals surface area contributed by atoms with Crippen LogP contribution in [0.15, 0.2) is 12.3 Å². The minimum absolute atomic E-state index is 0.130. The van der Waals surface area contributed by atoms with Gasteiger partial charge in [0.2, 0.25) is 0 Å². The highest BCUT2D eigenvalue weighted by Crippen LogP contribution is 2.31. The SMILES string of the molecule is CC(C)(N)Cn1nc(C(F)(F)F)cc1-c1cn[nH]n1. The van der Waals surface area contributed by atoms with Crippen molar-refractivity contribution in [1.82, 2.24) is 25.2 Å². The smallest absolute Gasteiger partial charge is 0.324 e. The Morgan fingerprint density at radius 2 is 2.05 bits per heavy atom. The number of H-pyrrole nitrogens is 1. The van der Waals surface area contributed by atoms with Gasteiger partial charge in [-0.1, -0.05) is 0 Å². The number of halogens is 3. The van der Waals surface area contributed by atoms with Crippen molar-refractivity contribution in [3.63, 3.8) is 0 Å². The molecule has 9 heteroatoms. The summed E-state index contributed by atoms with van der Waals surface area (Å²) in [7, 11) is 0. The highest BCUT2D eigenvalue weighted by Gasteiger charge is 2.35. The van der Waals surface area contributed by atoms with E-state index in [-0.39, 0.29) is 17.9 Å². The van der Waals surface area contributed by atoms with Crippen molar-refractivity contribution < 1.29 is 13.2 Å². The molecule has 104 valence electrons. The van der Waals surface area contributed by atoms with Crippen LogP contribution in [0, 0.1) is 0 Å². The van der Waals surface area contributed by atoms with Gasteiger partial charge < -0.3 is 5.73 Å².